The number of methoxy groups -OCH3 is 1. The van der Waals surface area contributed by atoms with Gasteiger partial charge in [0, 0.05) is 25.6 Å². The highest BCUT2D eigenvalue weighted by molar-refractivity contribution is 5.77. The number of nitrogens with one attached hydrogen (secondary N) is 2. The Balaban J connectivity index is 2.58. The molecule has 0 fully saturated rings. The summed E-state index contributed by atoms with van der Waals surface area (Å²) in [7, 11) is 1.62. The van der Waals surface area contributed by atoms with Crippen molar-refractivity contribution in [1.82, 2.24) is 5.32 Å². The summed E-state index contributed by atoms with van der Waals surface area (Å²) < 4.78 is 5.26. The van der Waals surface area contributed by atoms with Crippen molar-refractivity contribution in [3.63, 3.8) is 0 Å². The van der Waals surface area contributed by atoms with E-state index in [1.54, 1.807) is 7.11 Å². The fraction of sp³-hybridized carbons (Fsp3) is 0.500. The van der Waals surface area contributed by atoms with E-state index in [1.807, 2.05) is 31.2 Å². The topological polar surface area (TPSA) is 76.4 Å². The smallest absolute Gasteiger partial charge is 0.222 e. The molecule has 0 aliphatic carbocycles. The number of carbonyl (C=O) groups is 1. The minimum atomic E-state index is -0.104. The molecule has 106 valence electrons. The Morgan fingerprint density at radius 3 is 2.79 bits per heavy atom. The summed E-state index contributed by atoms with van der Waals surface area (Å²) in [5.41, 5.74) is 6.56. The van der Waals surface area contributed by atoms with Crippen LogP contribution in [0.1, 0.15) is 19.8 Å². The van der Waals surface area contributed by atoms with Crippen LogP contribution in [-0.4, -0.2) is 32.1 Å². The lowest BCUT2D eigenvalue weighted by Gasteiger charge is -2.19. The van der Waals surface area contributed by atoms with Crippen molar-refractivity contribution >= 4 is 11.6 Å². The highest BCUT2D eigenvalue weighted by Gasteiger charge is 2.13. The zero-order valence-corrected chi connectivity index (χ0v) is 11.6. The zero-order chi connectivity index (χ0) is 14.1. The van der Waals surface area contributed by atoms with Crippen LogP contribution < -0.4 is 21.1 Å². The summed E-state index contributed by atoms with van der Waals surface area (Å²) in [5.74, 6) is 0.759. The lowest BCUT2D eigenvalue weighted by atomic mass is 10.1. The molecule has 0 saturated carbocycles. The average molecular weight is 265 g/mol. The van der Waals surface area contributed by atoms with Gasteiger partial charge in [0.2, 0.25) is 5.91 Å². The second-order valence-electron chi connectivity index (χ2n) is 4.33. The molecule has 1 unspecified atom stereocenters. The van der Waals surface area contributed by atoms with Crippen LogP contribution in [-0.2, 0) is 4.79 Å². The van der Waals surface area contributed by atoms with Gasteiger partial charge in [-0.1, -0.05) is 19.1 Å². The third-order valence-corrected chi connectivity index (χ3v) is 2.76. The molecule has 5 heteroatoms. The number of para-hydroxylation sites is 2. The number of amides is 1. The summed E-state index contributed by atoms with van der Waals surface area (Å²) in [5, 5.41) is 6.09. The van der Waals surface area contributed by atoms with Crippen molar-refractivity contribution in [2.45, 2.75) is 25.8 Å². The molecule has 0 heterocycles. The number of rotatable bonds is 8. The fourth-order valence-electron chi connectivity index (χ4n) is 1.74. The van der Waals surface area contributed by atoms with Gasteiger partial charge in [-0.05, 0) is 18.6 Å². The van der Waals surface area contributed by atoms with Crippen LogP contribution in [0.5, 0.6) is 5.75 Å². The summed E-state index contributed by atoms with van der Waals surface area (Å²) >= 11 is 0. The molecule has 1 amide bonds. The molecule has 4 N–H and O–H groups in total. The summed E-state index contributed by atoms with van der Waals surface area (Å²) in [4.78, 5) is 11.7. The van der Waals surface area contributed by atoms with Crippen LogP contribution in [0.25, 0.3) is 0 Å². The molecule has 19 heavy (non-hydrogen) atoms. The molecule has 0 radical (unpaired) electrons. The van der Waals surface area contributed by atoms with Crippen molar-refractivity contribution in [2.24, 2.45) is 5.73 Å². The maximum Gasteiger partial charge on any atom is 0.222 e. The lowest BCUT2D eigenvalue weighted by Crippen LogP contribution is -2.36. The van der Waals surface area contributed by atoms with Gasteiger partial charge in [-0.3, -0.25) is 4.79 Å². The minimum absolute atomic E-state index is 0.0136. The number of benzene rings is 1. The summed E-state index contributed by atoms with van der Waals surface area (Å²) in [6.45, 7) is 3.11. The zero-order valence-electron chi connectivity index (χ0n) is 11.6. The predicted octanol–water partition coefficient (Wildman–Crippen LogP) is 1.35. The Labute approximate surface area is 114 Å². The average Bonchev–Trinajstić information content (AvgIpc) is 2.44. The Hall–Kier alpha value is -1.75. The first kappa shape index (κ1) is 15.3. The summed E-state index contributed by atoms with van der Waals surface area (Å²) in [6.07, 6.45) is 1.29. The van der Waals surface area contributed by atoms with E-state index >= 15 is 0 Å². The molecular formula is C14H23N3O2. The Kier molecular flexibility index (Phi) is 6.74. The molecule has 1 rings (SSSR count). The van der Waals surface area contributed by atoms with Crippen molar-refractivity contribution < 1.29 is 9.53 Å². The van der Waals surface area contributed by atoms with Gasteiger partial charge in [0.25, 0.3) is 0 Å². The van der Waals surface area contributed by atoms with Crippen LogP contribution in [0.15, 0.2) is 24.3 Å². The first-order chi connectivity index (χ1) is 9.21. The third kappa shape index (κ3) is 5.18. The largest absolute Gasteiger partial charge is 0.495 e. The number of ether oxygens (including phenoxy) is 1. The van der Waals surface area contributed by atoms with Crippen LogP contribution in [0.4, 0.5) is 5.69 Å². The van der Waals surface area contributed by atoms with Gasteiger partial charge in [-0.15, -0.1) is 0 Å². The molecule has 5 nitrogen and oxygen atoms in total. The van der Waals surface area contributed by atoms with Crippen molar-refractivity contribution in [1.29, 1.82) is 0 Å². The van der Waals surface area contributed by atoms with Gasteiger partial charge in [0.1, 0.15) is 5.75 Å². The maximum absolute atomic E-state index is 11.7. The highest BCUT2D eigenvalue weighted by atomic mass is 16.5. The summed E-state index contributed by atoms with van der Waals surface area (Å²) in [6, 6.07) is 7.48. The minimum Gasteiger partial charge on any atom is -0.495 e. The van der Waals surface area contributed by atoms with Gasteiger partial charge in [-0.25, -0.2) is 0 Å². The van der Waals surface area contributed by atoms with Crippen LogP contribution in [0, 0.1) is 0 Å². The van der Waals surface area contributed by atoms with Crippen molar-refractivity contribution in [3.8, 4) is 5.75 Å². The van der Waals surface area contributed by atoms with E-state index in [1.165, 1.54) is 0 Å². The molecule has 1 aromatic carbocycles. The van der Waals surface area contributed by atoms with E-state index in [0.29, 0.717) is 19.5 Å². The molecule has 0 aliphatic rings. The molecule has 0 saturated heterocycles. The van der Waals surface area contributed by atoms with Crippen LogP contribution in [0.3, 0.4) is 0 Å². The lowest BCUT2D eigenvalue weighted by molar-refractivity contribution is -0.121. The first-order valence-corrected chi connectivity index (χ1v) is 6.57. The second kappa shape index (κ2) is 8.37. The Morgan fingerprint density at radius 2 is 2.16 bits per heavy atom. The van der Waals surface area contributed by atoms with E-state index in [0.717, 1.165) is 17.9 Å². The SMILES string of the molecule is CCCNC(=O)CC(CN)Nc1ccccc1OC. The first-order valence-electron chi connectivity index (χ1n) is 6.57. The molecule has 0 aromatic heterocycles. The third-order valence-electron chi connectivity index (χ3n) is 2.76. The maximum atomic E-state index is 11.7. The molecule has 0 spiro atoms. The Morgan fingerprint density at radius 1 is 1.42 bits per heavy atom. The normalized spacial score (nSPS) is 11.7. The van der Waals surface area contributed by atoms with Gasteiger partial charge in [-0.2, -0.15) is 0 Å². The quantitative estimate of drug-likeness (QED) is 0.663. The van der Waals surface area contributed by atoms with Crippen molar-refractivity contribution in [3.05, 3.63) is 24.3 Å². The Bertz CT molecular complexity index is 396. The van der Waals surface area contributed by atoms with Gasteiger partial charge >= 0.3 is 0 Å². The molecular weight excluding hydrogens is 242 g/mol. The predicted molar refractivity (Wildman–Crippen MR) is 77.4 cm³/mol. The fourth-order valence-corrected chi connectivity index (χ4v) is 1.74. The van der Waals surface area contributed by atoms with Crippen LogP contribution in [0.2, 0.25) is 0 Å². The number of nitrogens with two attached hydrogens (primary N) is 1. The number of carbonyl (C=O) groups excluding carboxylic acids is 1. The van der Waals surface area contributed by atoms with E-state index in [2.05, 4.69) is 10.6 Å². The number of hydrogen-bond donors (Lipinski definition) is 3. The van der Waals surface area contributed by atoms with Gasteiger partial charge in [0.05, 0.1) is 12.8 Å². The van der Waals surface area contributed by atoms with Gasteiger partial charge < -0.3 is 21.1 Å². The van der Waals surface area contributed by atoms with E-state index in [9.17, 15) is 4.79 Å². The molecule has 1 atom stereocenters. The highest BCUT2D eigenvalue weighted by Crippen LogP contribution is 2.24. The standard InChI is InChI=1S/C14H23N3O2/c1-3-8-16-14(18)9-11(10-15)17-12-6-4-5-7-13(12)19-2/h4-7,11,17H,3,8-10,15H2,1-2H3,(H,16,18). The van der Waals surface area contributed by atoms with Crippen LogP contribution >= 0.6 is 0 Å². The number of anilines is 1. The number of hydrogen-bond acceptors (Lipinski definition) is 4. The monoisotopic (exact) mass is 265 g/mol. The van der Waals surface area contributed by atoms with E-state index < -0.39 is 0 Å². The van der Waals surface area contributed by atoms with Gasteiger partial charge in [0.15, 0.2) is 0 Å². The molecule has 0 aliphatic heterocycles. The van der Waals surface area contributed by atoms with E-state index in [-0.39, 0.29) is 11.9 Å². The van der Waals surface area contributed by atoms with E-state index in [4.69, 9.17) is 10.5 Å². The molecule has 0 bridgehead atoms. The second-order valence-corrected chi connectivity index (χ2v) is 4.33. The molecule has 1 aromatic rings. The van der Waals surface area contributed by atoms with Crippen molar-refractivity contribution in [2.75, 3.05) is 25.5 Å².